The molecule has 0 aliphatic rings. The third-order valence-electron chi connectivity index (χ3n) is 8.91. The van der Waals surface area contributed by atoms with Crippen molar-refractivity contribution in [3.63, 3.8) is 0 Å². The Balaban J connectivity index is 1.18. The molecule has 7 aromatic carbocycles. The van der Waals surface area contributed by atoms with Crippen LogP contribution < -0.4 is 4.90 Å². The van der Waals surface area contributed by atoms with E-state index in [1.54, 1.807) is 0 Å². The second-order valence-corrected chi connectivity index (χ2v) is 12.7. The normalized spacial score (nSPS) is 11.5. The molecule has 9 aromatic rings. The van der Waals surface area contributed by atoms with Gasteiger partial charge < -0.3 is 4.90 Å². The van der Waals surface area contributed by atoms with Crippen molar-refractivity contribution in [1.82, 2.24) is 4.98 Å². The van der Waals surface area contributed by atoms with Gasteiger partial charge in [0.25, 0.3) is 0 Å². The van der Waals surface area contributed by atoms with Crippen LogP contribution in [0.4, 0.5) is 17.1 Å². The Labute approximate surface area is 271 Å². The molecule has 0 aliphatic heterocycles. The molecular weight excluding hydrogens is 577 g/mol. The van der Waals surface area contributed by atoms with Gasteiger partial charge in [-0.2, -0.15) is 0 Å². The number of nitrogens with zero attached hydrogens (tertiary/aromatic N) is 2. The molecule has 0 saturated carbocycles. The van der Waals surface area contributed by atoms with Gasteiger partial charge in [0.1, 0.15) is 0 Å². The van der Waals surface area contributed by atoms with Crippen LogP contribution in [0.2, 0.25) is 0 Å². The first kappa shape index (κ1) is 26.6. The number of hydrogen-bond donors (Lipinski definition) is 0. The van der Waals surface area contributed by atoms with Gasteiger partial charge in [0.15, 0.2) is 0 Å². The second kappa shape index (κ2) is 11.0. The van der Waals surface area contributed by atoms with Gasteiger partial charge in [-0.3, -0.25) is 4.98 Å². The van der Waals surface area contributed by atoms with Gasteiger partial charge in [-0.1, -0.05) is 115 Å². The molecule has 2 aromatic heterocycles. The summed E-state index contributed by atoms with van der Waals surface area (Å²) >= 11 is 1.83. The number of anilines is 3. The first-order chi connectivity index (χ1) is 22.8. The van der Waals surface area contributed by atoms with Crippen molar-refractivity contribution in [1.29, 1.82) is 0 Å². The van der Waals surface area contributed by atoms with Gasteiger partial charge in [0.05, 0.1) is 5.52 Å². The third-order valence-corrected chi connectivity index (χ3v) is 10.0. The van der Waals surface area contributed by atoms with Crippen molar-refractivity contribution in [2.45, 2.75) is 0 Å². The van der Waals surface area contributed by atoms with Crippen LogP contribution in [0.1, 0.15) is 0 Å². The van der Waals surface area contributed by atoms with E-state index in [2.05, 4.69) is 163 Å². The first-order valence-corrected chi connectivity index (χ1v) is 16.4. The standard InChI is InChI=1S/C43H28N2S/c1-2-8-29(9-3-1)30-15-20-34(21-16-30)45(35-22-17-32(18-23-35)38-14-6-11-31-10-4-5-13-37(31)38)36-24-25-39-41(28-36)46-40-26-19-33-12-7-27-44-43(33)42(39)40/h1-28H. The highest BCUT2D eigenvalue weighted by atomic mass is 32.1. The zero-order valence-corrected chi connectivity index (χ0v) is 25.8. The lowest BCUT2D eigenvalue weighted by Gasteiger charge is -2.26. The average Bonchev–Trinajstić information content (AvgIpc) is 3.51. The number of fused-ring (bicyclic) bond motifs is 6. The van der Waals surface area contributed by atoms with Crippen LogP contribution in [0.3, 0.4) is 0 Å². The van der Waals surface area contributed by atoms with Gasteiger partial charge in [-0.15, -0.1) is 11.3 Å². The van der Waals surface area contributed by atoms with Crippen LogP contribution in [0.25, 0.3) is 64.1 Å². The smallest absolute Gasteiger partial charge is 0.0795 e. The van der Waals surface area contributed by atoms with Gasteiger partial charge >= 0.3 is 0 Å². The van der Waals surface area contributed by atoms with E-state index in [0.717, 1.165) is 22.6 Å². The van der Waals surface area contributed by atoms with Crippen molar-refractivity contribution >= 4 is 70.2 Å². The van der Waals surface area contributed by atoms with Crippen molar-refractivity contribution in [3.05, 3.63) is 170 Å². The topological polar surface area (TPSA) is 16.1 Å². The predicted octanol–water partition coefficient (Wildman–Crippen LogP) is 12.6. The molecular formula is C43H28N2S. The molecule has 0 unspecified atom stereocenters. The van der Waals surface area contributed by atoms with Gasteiger partial charge in [0.2, 0.25) is 0 Å². The number of benzene rings is 7. The highest BCUT2D eigenvalue weighted by molar-refractivity contribution is 7.26. The van der Waals surface area contributed by atoms with Gasteiger partial charge in [0, 0.05) is 48.8 Å². The highest BCUT2D eigenvalue weighted by Gasteiger charge is 2.17. The summed E-state index contributed by atoms with van der Waals surface area (Å²) in [7, 11) is 0. The quantitative estimate of drug-likeness (QED) is 0.194. The average molecular weight is 605 g/mol. The Morgan fingerprint density at radius 1 is 0.435 bits per heavy atom. The summed E-state index contributed by atoms with van der Waals surface area (Å²) in [4.78, 5) is 7.13. The Morgan fingerprint density at radius 3 is 1.93 bits per heavy atom. The molecule has 3 heteroatoms. The highest BCUT2D eigenvalue weighted by Crippen LogP contribution is 2.43. The van der Waals surface area contributed by atoms with Crippen molar-refractivity contribution < 1.29 is 0 Å². The molecule has 0 amide bonds. The molecule has 2 heterocycles. The summed E-state index contributed by atoms with van der Waals surface area (Å²) in [6.45, 7) is 0. The minimum absolute atomic E-state index is 1.07. The van der Waals surface area contributed by atoms with Gasteiger partial charge in [-0.25, -0.2) is 0 Å². The van der Waals surface area contributed by atoms with Crippen LogP contribution in [0.15, 0.2) is 170 Å². The Morgan fingerprint density at radius 2 is 1.11 bits per heavy atom. The number of thiophene rings is 1. The van der Waals surface area contributed by atoms with Crippen LogP contribution in [-0.4, -0.2) is 4.98 Å². The fraction of sp³-hybridized carbons (Fsp3) is 0. The lowest BCUT2D eigenvalue weighted by molar-refractivity contribution is 1.29. The van der Waals surface area contributed by atoms with Crippen LogP contribution in [0, 0.1) is 0 Å². The number of hydrogen-bond acceptors (Lipinski definition) is 3. The molecule has 0 spiro atoms. The molecule has 0 bridgehead atoms. The van der Waals surface area contributed by atoms with Crippen LogP contribution >= 0.6 is 11.3 Å². The van der Waals surface area contributed by atoms with E-state index < -0.39 is 0 Å². The monoisotopic (exact) mass is 604 g/mol. The van der Waals surface area contributed by atoms with Crippen LogP contribution in [0.5, 0.6) is 0 Å². The first-order valence-electron chi connectivity index (χ1n) is 15.5. The van der Waals surface area contributed by atoms with Crippen molar-refractivity contribution in [2.75, 3.05) is 4.90 Å². The maximum absolute atomic E-state index is 4.77. The minimum Gasteiger partial charge on any atom is -0.310 e. The summed E-state index contributed by atoms with van der Waals surface area (Å²) < 4.78 is 2.51. The molecule has 0 radical (unpaired) electrons. The number of aromatic nitrogens is 1. The zero-order chi connectivity index (χ0) is 30.5. The maximum Gasteiger partial charge on any atom is 0.0795 e. The molecule has 46 heavy (non-hydrogen) atoms. The second-order valence-electron chi connectivity index (χ2n) is 11.6. The fourth-order valence-electron chi connectivity index (χ4n) is 6.68. The Kier molecular flexibility index (Phi) is 6.36. The molecule has 0 atom stereocenters. The fourth-order valence-corrected chi connectivity index (χ4v) is 7.82. The van der Waals surface area contributed by atoms with E-state index in [-0.39, 0.29) is 0 Å². The summed E-state index contributed by atoms with van der Waals surface area (Å²) in [6, 6.07) is 59.0. The van der Waals surface area contributed by atoms with E-state index in [0.29, 0.717) is 0 Å². The Hall–Kier alpha value is -5.77. The summed E-state index contributed by atoms with van der Waals surface area (Å²) in [5.74, 6) is 0. The van der Waals surface area contributed by atoms with Crippen LogP contribution in [-0.2, 0) is 0 Å². The van der Waals surface area contributed by atoms with E-state index >= 15 is 0 Å². The van der Waals surface area contributed by atoms with Crippen molar-refractivity contribution in [3.8, 4) is 22.3 Å². The Bertz CT molecular complexity index is 2510. The largest absolute Gasteiger partial charge is 0.310 e. The number of rotatable bonds is 5. The molecule has 216 valence electrons. The lowest BCUT2D eigenvalue weighted by atomic mass is 9.98. The lowest BCUT2D eigenvalue weighted by Crippen LogP contribution is -2.09. The minimum atomic E-state index is 1.07. The molecule has 9 rings (SSSR count). The van der Waals surface area contributed by atoms with Gasteiger partial charge in [-0.05, 0) is 81.6 Å². The number of pyridine rings is 1. The maximum atomic E-state index is 4.77. The molecule has 0 fully saturated rings. The zero-order valence-electron chi connectivity index (χ0n) is 25.0. The molecule has 0 saturated heterocycles. The predicted molar refractivity (Wildman–Crippen MR) is 198 cm³/mol. The summed E-state index contributed by atoms with van der Waals surface area (Å²) in [5, 5.41) is 6.18. The third kappa shape index (κ3) is 4.52. The van der Waals surface area contributed by atoms with E-state index in [4.69, 9.17) is 4.98 Å². The SMILES string of the molecule is c1ccc(-c2ccc(N(c3ccc(-c4cccc5ccccc45)cc3)c3ccc4c(c3)sc3ccc5cccnc5c34)cc2)cc1. The molecule has 0 aliphatic carbocycles. The van der Waals surface area contributed by atoms with E-state index in [9.17, 15) is 0 Å². The van der Waals surface area contributed by atoms with E-state index in [1.165, 1.54) is 58.6 Å². The molecule has 2 nitrogen and oxygen atoms in total. The summed E-state index contributed by atoms with van der Waals surface area (Å²) in [5.41, 5.74) is 9.30. The molecule has 0 N–H and O–H groups in total. The van der Waals surface area contributed by atoms with E-state index in [1.807, 2.05) is 23.6 Å². The summed E-state index contributed by atoms with van der Waals surface area (Å²) in [6.07, 6.45) is 1.89. The van der Waals surface area contributed by atoms with Crippen molar-refractivity contribution in [2.24, 2.45) is 0 Å².